The van der Waals surface area contributed by atoms with Gasteiger partial charge in [-0.05, 0) is 28.2 Å². The van der Waals surface area contributed by atoms with Crippen molar-refractivity contribution >= 4 is 18.0 Å². The Hall–Kier alpha value is -3.39. The predicted molar refractivity (Wildman–Crippen MR) is 125 cm³/mol. The maximum Gasteiger partial charge on any atom is 0.407 e. The van der Waals surface area contributed by atoms with Crippen molar-refractivity contribution in [2.24, 2.45) is 11.8 Å². The monoisotopic (exact) mass is 466 g/mol. The minimum absolute atomic E-state index is 0.0152. The van der Waals surface area contributed by atoms with Gasteiger partial charge in [0.05, 0.1) is 12.5 Å². The third kappa shape index (κ3) is 4.50. The van der Waals surface area contributed by atoms with Gasteiger partial charge in [-0.1, -0.05) is 62.4 Å². The van der Waals surface area contributed by atoms with Crippen molar-refractivity contribution in [3.05, 3.63) is 59.7 Å². The number of benzene rings is 2. The molecular weight excluding hydrogens is 436 g/mol. The number of carbonyl (C=O) groups excluding carboxylic acids is 2. The molecule has 1 heterocycles. The first-order valence-corrected chi connectivity index (χ1v) is 11.5. The summed E-state index contributed by atoms with van der Waals surface area (Å²) >= 11 is 0. The second-order valence-electron chi connectivity index (χ2n) is 9.40. The highest BCUT2D eigenvalue weighted by molar-refractivity contribution is 5.84. The molecule has 2 aromatic rings. The molecule has 1 aliphatic heterocycles. The largest absolute Gasteiger partial charge is 0.479 e. The molecular formula is C26H30N2O6. The third-order valence-electron chi connectivity index (χ3n) is 6.89. The summed E-state index contributed by atoms with van der Waals surface area (Å²) in [4.78, 5) is 38.1. The van der Waals surface area contributed by atoms with E-state index in [0.29, 0.717) is 0 Å². The molecule has 1 aliphatic carbocycles. The standard InChI is InChI=1S/C26H30N2O6/c1-16(2)21(23(29)28-12-11-26(33,15-28)24(30)31)13-27-25(32)34-14-22-19-9-5-3-7-17(19)18-8-4-6-10-20(18)22/h3-10,16,21-22,33H,11-15H2,1-2H3,(H,27,32)(H,30,31). The van der Waals surface area contributed by atoms with Gasteiger partial charge in [0.25, 0.3) is 0 Å². The lowest BCUT2D eigenvalue weighted by molar-refractivity contribution is -0.157. The van der Waals surface area contributed by atoms with Gasteiger partial charge in [0.15, 0.2) is 5.60 Å². The number of aliphatic hydroxyl groups is 1. The Morgan fingerprint density at radius 3 is 2.21 bits per heavy atom. The first-order chi connectivity index (χ1) is 16.2. The highest BCUT2D eigenvalue weighted by atomic mass is 16.5. The SMILES string of the molecule is CC(C)C(CNC(=O)OCC1c2ccccc2-c2ccccc21)C(=O)N1CCC(O)(C(=O)O)C1. The Labute approximate surface area is 198 Å². The molecule has 34 heavy (non-hydrogen) atoms. The van der Waals surface area contributed by atoms with Crippen molar-refractivity contribution in [1.29, 1.82) is 0 Å². The number of hydrogen-bond acceptors (Lipinski definition) is 5. The van der Waals surface area contributed by atoms with Crippen molar-refractivity contribution in [2.75, 3.05) is 26.2 Å². The van der Waals surface area contributed by atoms with Gasteiger partial charge in [0.1, 0.15) is 6.61 Å². The summed E-state index contributed by atoms with van der Waals surface area (Å²) in [7, 11) is 0. The van der Waals surface area contributed by atoms with Crippen LogP contribution in [0.3, 0.4) is 0 Å². The lowest BCUT2D eigenvalue weighted by atomic mass is 9.94. The van der Waals surface area contributed by atoms with E-state index in [2.05, 4.69) is 17.4 Å². The van der Waals surface area contributed by atoms with E-state index in [4.69, 9.17) is 4.74 Å². The molecule has 2 aliphatic rings. The molecule has 8 heteroatoms. The molecule has 2 atom stereocenters. The number of aliphatic carboxylic acids is 1. The lowest BCUT2D eigenvalue weighted by Gasteiger charge is -2.27. The van der Waals surface area contributed by atoms with Gasteiger partial charge < -0.3 is 25.2 Å². The number of rotatable bonds is 7. The number of ether oxygens (including phenoxy) is 1. The minimum atomic E-state index is -1.92. The smallest absolute Gasteiger partial charge is 0.407 e. The fourth-order valence-electron chi connectivity index (χ4n) is 4.84. The Bertz CT molecular complexity index is 1050. The summed E-state index contributed by atoms with van der Waals surface area (Å²) in [6, 6.07) is 16.2. The van der Waals surface area contributed by atoms with Gasteiger partial charge in [0.2, 0.25) is 5.91 Å². The number of nitrogens with zero attached hydrogens (tertiary/aromatic N) is 1. The molecule has 0 spiro atoms. The first kappa shape index (κ1) is 23.8. The van der Waals surface area contributed by atoms with Crippen LogP contribution >= 0.6 is 0 Å². The molecule has 0 aromatic heterocycles. The molecule has 2 unspecified atom stereocenters. The number of amides is 2. The van der Waals surface area contributed by atoms with Crippen LogP contribution in [0.15, 0.2) is 48.5 Å². The highest BCUT2D eigenvalue weighted by Gasteiger charge is 2.46. The van der Waals surface area contributed by atoms with E-state index < -0.39 is 23.6 Å². The van der Waals surface area contributed by atoms with Crippen molar-refractivity contribution in [2.45, 2.75) is 31.8 Å². The second kappa shape index (κ2) is 9.46. The molecule has 180 valence electrons. The number of fused-ring (bicyclic) bond motifs is 3. The summed E-state index contributed by atoms with van der Waals surface area (Å²) in [5.74, 6) is -2.33. The van der Waals surface area contributed by atoms with Gasteiger partial charge in [-0.3, -0.25) is 4.79 Å². The van der Waals surface area contributed by atoms with Crippen LogP contribution in [0.5, 0.6) is 0 Å². The number of nitrogens with one attached hydrogen (secondary N) is 1. The average molecular weight is 467 g/mol. The van der Waals surface area contributed by atoms with Crippen molar-refractivity contribution in [1.82, 2.24) is 10.2 Å². The van der Waals surface area contributed by atoms with Crippen LogP contribution in [0.2, 0.25) is 0 Å². The maximum atomic E-state index is 13.0. The van der Waals surface area contributed by atoms with Gasteiger partial charge >= 0.3 is 12.1 Å². The highest BCUT2D eigenvalue weighted by Crippen LogP contribution is 2.44. The normalized spacial score (nSPS) is 20.1. The zero-order chi connectivity index (χ0) is 24.5. The van der Waals surface area contributed by atoms with Crippen LogP contribution in [-0.4, -0.2) is 64.9 Å². The summed E-state index contributed by atoms with van der Waals surface area (Å²) in [5, 5.41) is 22.1. The summed E-state index contributed by atoms with van der Waals surface area (Å²) in [5.41, 5.74) is 2.60. The number of hydrogen-bond donors (Lipinski definition) is 3. The Morgan fingerprint density at radius 1 is 1.09 bits per heavy atom. The van der Waals surface area contributed by atoms with E-state index in [1.165, 1.54) is 4.90 Å². The summed E-state index contributed by atoms with van der Waals surface area (Å²) in [6.45, 7) is 3.88. The number of carboxylic acids is 1. The first-order valence-electron chi connectivity index (χ1n) is 11.5. The van der Waals surface area contributed by atoms with Crippen molar-refractivity contribution in [3.8, 4) is 11.1 Å². The van der Waals surface area contributed by atoms with Crippen LogP contribution in [0.25, 0.3) is 11.1 Å². The van der Waals surface area contributed by atoms with E-state index in [1.807, 2.05) is 50.2 Å². The van der Waals surface area contributed by atoms with Crippen molar-refractivity contribution < 1.29 is 29.3 Å². The van der Waals surface area contributed by atoms with Gasteiger partial charge in [-0.2, -0.15) is 0 Å². The van der Waals surface area contributed by atoms with E-state index in [1.54, 1.807) is 0 Å². The molecule has 0 radical (unpaired) electrons. The molecule has 2 amide bonds. The number of likely N-dealkylation sites (tertiary alicyclic amines) is 1. The quantitative estimate of drug-likeness (QED) is 0.578. The summed E-state index contributed by atoms with van der Waals surface area (Å²) < 4.78 is 5.55. The Morgan fingerprint density at radius 2 is 1.68 bits per heavy atom. The number of carbonyl (C=O) groups is 3. The van der Waals surface area contributed by atoms with E-state index in [9.17, 15) is 24.6 Å². The predicted octanol–water partition coefficient (Wildman–Crippen LogP) is 2.85. The zero-order valence-electron chi connectivity index (χ0n) is 19.4. The van der Waals surface area contributed by atoms with Crippen molar-refractivity contribution in [3.63, 3.8) is 0 Å². The minimum Gasteiger partial charge on any atom is -0.479 e. The number of alkyl carbamates (subject to hydrolysis) is 1. The number of carboxylic acid groups (broad SMARTS) is 1. The molecule has 1 saturated heterocycles. The van der Waals surface area contributed by atoms with Crippen LogP contribution in [0.1, 0.15) is 37.3 Å². The Balaban J connectivity index is 1.35. The molecule has 0 bridgehead atoms. The topological polar surface area (TPSA) is 116 Å². The fraction of sp³-hybridized carbons (Fsp3) is 0.423. The molecule has 4 rings (SSSR count). The molecule has 1 fully saturated rings. The second-order valence-corrected chi connectivity index (χ2v) is 9.40. The van der Waals surface area contributed by atoms with Gasteiger partial charge in [0, 0.05) is 25.4 Å². The third-order valence-corrected chi connectivity index (χ3v) is 6.89. The molecule has 3 N–H and O–H groups in total. The molecule has 0 saturated carbocycles. The average Bonchev–Trinajstić information content (AvgIpc) is 3.37. The van der Waals surface area contributed by atoms with Crippen LogP contribution in [0, 0.1) is 11.8 Å². The molecule has 2 aromatic carbocycles. The number of β-amino-alcohol motifs (C(OH)–C–C–N with tert-alkyl or cyclic N) is 1. The van der Waals surface area contributed by atoms with Crippen LogP contribution in [0.4, 0.5) is 4.79 Å². The lowest BCUT2D eigenvalue weighted by Crippen LogP contribution is -2.46. The van der Waals surface area contributed by atoms with Crippen LogP contribution in [-0.2, 0) is 14.3 Å². The van der Waals surface area contributed by atoms with Crippen LogP contribution < -0.4 is 5.32 Å². The van der Waals surface area contributed by atoms with E-state index >= 15 is 0 Å². The van der Waals surface area contributed by atoms with E-state index in [-0.39, 0.29) is 50.4 Å². The molecule has 8 nitrogen and oxygen atoms in total. The Kier molecular flexibility index (Phi) is 6.61. The van der Waals surface area contributed by atoms with Gasteiger partial charge in [-0.25, -0.2) is 9.59 Å². The maximum absolute atomic E-state index is 13.0. The fourth-order valence-corrected chi connectivity index (χ4v) is 4.84. The van der Waals surface area contributed by atoms with E-state index in [0.717, 1.165) is 22.3 Å². The summed E-state index contributed by atoms with van der Waals surface area (Å²) in [6.07, 6.45) is -0.623. The zero-order valence-corrected chi connectivity index (χ0v) is 19.4. The van der Waals surface area contributed by atoms with Gasteiger partial charge in [-0.15, -0.1) is 0 Å².